The molecule has 4 rings (SSSR count). The minimum atomic E-state index is -0.250. The van der Waals surface area contributed by atoms with E-state index in [4.69, 9.17) is 14.3 Å². The van der Waals surface area contributed by atoms with Gasteiger partial charge in [-0.15, -0.1) is 0 Å². The Morgan fingerprint density at radius 2 is 2.04 bits per heavy atom. The molecule has 7 nitrogen and oxygen atoms in total. The zero-order valence-corrected chi connectivity index (χ0v) is 16.7. The van der Waals surface area contributed by atoms with Gasteiger partial charge in [0.05, 0.1) is 19.6 Å². The van der Waals surface area contributed by atoms with Crippen LogP contribution in [0.5, 0.6) is 0 Å². The second kappa shape index (κ2) is 8.67. The highest BCUT2D eigenvalue weighted by Gasteiger charge is 2.30. The maximum Gasteiger partial charge on any atom is 0.290 e. The molecule has 0 unspecified atom stereocenters. The van der Waals surface area contributed by atoms with Crippen molar-refractivity contribution in [2.24, 2.45) is 0 Å². The molecule has 1 aromatic carbocycles. The Balaban J connectivity index is 0.000000659. The minimum Gasteiger partial charge on any atom is -0.483 e. The van der Waals surface area contributed by atoms with Crippen LogP contribution in [0.25, 0.3) is 11.5 Å². The molecule has 0 saturated carbocycles. The lowest BCUT2D eigenvalue weighted by molar-refractivity contribution is -0.133. The number of hydrogen-bond acceptors (Lipinski definition) is 5. The lowest BCUT2D eigenvalue weighted by Gasteiger charge is -2.20. The van der Waals surface area contributed by atoms with Crippen LogP contribution in [0.1, 0.15) is 29.9 Å². The van der Waals surface area contributed by atoms with Gasteiger partial charge in [0, 0.05) is 10.0 Å². The zero-order chi connectivity index (χ0) is 19.4. The Labute approximate surface area is 166 Å². The molecule has 1 fully saturated rings. The summed E-state index contributed by atoms with van der Waals surface area (Å²) in [5.74, 6) is 1.63. The van der Waals surface area contributed by atoms with Gasteiger partial charge in [0.15, 0.2) is 0 Å². The monoisotopic (exact) mass is 435 g/mol. The average molecular weight is 436 g/mol. The fourth-order valence-electron chi connectivity index (χ4n) is 3.40. The van der Waals surface area contributed by atoms with Gasteiger partial charge in [0.1, 0.15) is 11.5 Å². The third-order valence-corrected chi connectivity index (χ3v) is 5.72. The molecule has 1 aromatic heterocycles. The van der Waals surface area contributed by atoms with Gasteiger partial charge in [-0.2, -0.15) is 0 Å². The van der Waals surface area contributed by atoms with Crippen molar-refractivity contribution in [3.05, 3.63) is 39.7 Å². The molecule has 0 spiro atoms. The third-order valence-electron chi connectivity index (χ3n) is 4.86. The number of halogens is 1. The van der Waals surface area contributed by atoms with Gasteiger partial charge < -0.3 is 14.4 Å². The largest absolute Gasteiger partial charge is 0.483 e. The molecule has 1 amide bonds. The zero-order valence-electron chi connectivity index (χ0n) is 15.2. The van der Waals surface area contributed by atoms with Crippen LogP contribution in [0, 0.1) is 6.92 Å². The fraction of sp³-hybridized carbons (Fsp3) is 0.421. The predicted molar refractivity (Wildman–Crippen MR) is 103 cm³/mol. The molecule has 0 atom stereocenters. The number of hydrogen-bond donors (Lipinski definition) is 1. The van der Waals surface area contributed by atoms with Crippen molar-refractivity contribution in [1.29, 1.82) is 0 Å². The number of likely N-dealkylation sites (tertiary alicyclic amines) is 1. The number of amides is 1. The number of fused-ring (bicyclic) bond motifs is 1. The molecule has 1 N–H and O–H groups in total. The predicted octanol–water partition coefficient (Wildman–Crippen LogP) is 3.05. The van der Waals surface area contributed by atoms with Gasteiger partial charge in [-0.3, -0.25) is 14.5 Å². The number of carbonyl (C=O) groups is 2. The van der Waals surface area contributed by atoms with E-state index >= 15 is 0 Å². The summed E-state index contributed by atoms with van der Waals surface area (Å²) in [5.41, 5.74) is 2.99. The summed E-state index contributed by atoms with van der Waals surface area (Å²) >= 11 is 3.54. The molecule has 1 saturated heterocycles. The van der Waals surface area contributed by atoms with Crippen LogP contribution < -0.4 is 0 Å². The Morgan fingerprint density at radius 3 is 2.70 bits per heavy atom. The van der Waals surface area contributed by atoms with E-state index < -0.39 is 0 Å². The molecule has 0 aliphatic carbocycles. The van der Waals surface area contributed by atoms with Crippen molar-refractivity contribution in [1.82, 2.24) is 14.8 Å². The third kappa shape index (κ3) is 4.39. The van der Waals surface area contributed by atoms with E-state index in [1.54, 1.807) is 0 Å². The SMILES string of the molecule is Cc1c(Br)cccc1-c1nc2c(o1)CN(C(=O)CN1CCCC1)C2.O=CO. The summed E-state index contributed by atoms with van der Waals surface area (Å²) in [7, 11) is 0. The number of aromatic nitrogens is 1. The summed E-state index contributed by atoms with van der Waals surface area (Å²) in [5, 5.41) is 6.89. The van der Waals surface area contributed by atoms with E-state index in [0.717, 1.165) is 40.1 Å². The lowest BCUT2D eigenvalue weighted by atomic mass is 10.1. The number of oxazole rings is 1. The molecule has 8 heteroatoms. The molecular formula is C19H22BrN3O4. The quantitative estimate of drug-likeness (QED) is 0.745. The fourth-order valence-corrected chi connectivity index (χ4v) is 3.77. The van der Waals surface area contributed by atoms with Gasteiger partial charge in [-0.05, 0) is 50.6 Å². The molecule has 144 valence electrons. The van der Waals surface area contributed by atoms with Crippen LogP contribution in [0.15, 0.2) is 27.1 Å². The first-order chi connectivity index (χ1) is 13.0. The van der Waals surface area contributed by atoms with Gasteiger partial charge in [-0.25, -0.2) is 4.98 Å². The van der Waals surface area contributed by atoms with Crippen LogP contribution in [-0.2, 0) is 22.7 Å². The molecular weight excluding hydrogens is 414 g/mol. The standard InChI is InChI=1S/C18H20BrN3O2.CH2O2/c1-12-13(5-4-6-14(12)19)18-20-15-9-22(10-16(15)24-18)17(23)11-21-7-2-3-8-21;2-1-3/h4-6H,2-3,7-11H2,1H3;1H,(H,2,3). The van der Waals surface area contributed by atoms with E-state index in [0.29, 0.717) is 25.5 Å². The second-order valence-electron chi connectivity index (χ2n) is 6.64. The van der Waals surface area contributed by atoms with E-state index in [2.05, 4.69) is 25.8 Å². The first-order valence-corrected chi connectivity index (χ1v) is 9.64. The van der Waals surface area contributed by atoms with Crippen LogP contribution in [-0.4, -0.2) is 51.9 Å². The van der Waals surface area contributed by atoms with E-state index in [1.165, 1.54) is 12.8 Å². The summed E-state index contributed by atoms with van der Waals surface area (Å²) in [6, 6.07) is 6.00. The summed E-state index contributed by atoms with van der Waals surface area (Å²) in [6.45, 7) is 5.46. The number of nitrogens with zero attached hydrogens (tertiary/aromatic N) is 3. The Bertz CT molecular complexity index is 807. The van der Waals surface area contributed by atoms with Crippen molar-refractivity contribution in [2.75, 3.05) is 19.6 Å². The maximum absolute atomic E-state index is 12.4. The number of carboxylic acid groups (broad SMARTS) is 1. The van der Waals surface area contributed by atoms with Crippen molar-refractivity contribution in [3.63, 3.8) is 0 Å². The van der Waals surface area contributed by atoms with Crippen LogP contribution in [0.4, 0.5) is 0 Å². The Morgan fingerprint density at radius 1 is 1.33 bits per heavy atom. The number of carbonyl (C=O) groups excluding carboxylic acids is 1. The van der Waals surface area contributed by atoms with Crippen LogP contribution in [0.2, 0.25) is 0 Å². The normalized spacial score (nSPS) is 16.0. The first-order valence-electron chi connectivity index (χ1n) is 8.85. The topological polar surface area (TPSA) is 86.9 Å². The first kappa shape index (κ1) is 19.6. The van der Waals surface area contributed by atoms with Gasteiger partial charge >= 0.3 is 0 Å². The lowest BCUT2D eigenvalue weighted by Crippen LogP contribution is -2.36. The summed E-state index contributed by atoms with van der Waals surface area (Å²) in [4.78, 5) is 29.5. The molecule has 2 aliphatic rings. The molecule has 0 radical (unpaired) electrons. The number of benzene rings is 1. The van der Waals surface area contributed by atoms with Gasteiger partial charge in [0.25, 0.3) is 6.47 Å². The molecule has 2 aromatic rings. The molecule has 3 heterocycles. The van der Waals surface area contributed by atoms with Gasteiger partial charge in [0.2, 0.25) is 11.8 Å². The van der Waals surface area contributed by atoms with E-state index in [9.17, 15) is 4.79 Å². The molecule has 2 aliphatic heterocycles. The highest BCUT2D eigenvalue weighted by Crippen LogP contribution is 2.32. The highest BCUT2D eigenvalue weighted by molar-refractivity contribution is 9.10. The molecule has 27 heavy (non-hydrogen) atoms. The van der Waals surface area contributed by atoms with Crippen molar-refractivity contribution < 1.29 is 19.1 Å². The van der Waals surface area contributed by atoms with Gasteiger partial charge in [-0.1, -0.05) is 22.0 Å². The van der Waals surface area contributed by atoms with Crippen LogP contribution in [0.3, 0.4) is 0 Å². The smallest absolute Gasteiger partial charge is 0.290 e. The average Bonchev–Trinajstić information content (AvgIpc) is 3.34. The maximum atomic E-state index is 12.4. The second-order valence-corrected chi connectivity index (χ2v) is 7.49. The van der Waals surface area contributed by atoms with E-state index in [1.807, 2.05) is 30.0 Å². The summed E-state index contributed by atoms with van der Waals surface area (Å²) < 4.78 is 7.00. The Hall–Kier alpha value is -2.19. The van der Waals surface area contributed by atoms with E-state index in [-0.39, 0.29) is 12.4 Å². The summed E-state index contributed by atoms with van der Waals surface area (Å²) in [6.07, 6.45) is 2.40. The number of rotatable bonds is 3. The molecule has 0 bridgehead atoms. The minimum absolute atomic E-state index is 0.172. The highest BCUT2D eigenvalue weighted by atomic mass is 79.9. The van der Waals surface area contributed by atoms with Crippen molar-refractivity contribution in [2.45, 2.75) is 32.9 Å². The van der Waals surface area contributed by atoms with Crippen molar-refractivity contribution in [3.8, 4) is 11.5 Å². The van der Waals surface area contributed by atoms with Crippen LogP contribution >= 0.6 is 15.9 Å². The Kier molecular flexibility index (Phi) is 6.28. The van der Waals surface area contributed by atoms with Crippen molar-refractivity contribution >= 4 is 28.3 Å².